The Balaban J connectivity index is 2.00. The number of hydrogen-bond donors (Lipinski definition) is 2. The van der Waals surface area contributed by atoms with Gasteiger partial charge in [-0.2, -0.15) is 0 Å². The largest absolute Gasteiger partial charge is 0.378 e. The molecule has 2 aromatic rings. The molecule has 0 spiro atoms. The van der Waals surface area contributed by atoms with Crippen molar-refractivity contribution in [1.82, 2.24) is 5.32 Å². The molecule has 0 heterocycles. The number of rotatable bonds is 4. The Morgan fingerprint density at radius 3 is 2.55 bits per heavy atom. The van der Waals surface area contributed by atoms with Gasteiger partial charge in [-0.25, -0.2) is 8.78 Å². The van der Waals surface area contributed by atoms with Gasteiger partial charge < -0.3 is 10.4 Å². The predicted octanol–water partition coefficient (Wildman–Crippen LogP) is 2.31. The van der Waals surface area contributed by atoms with Crippen molar-refractivity contribution < 1.29 is 18.7 Å². The summed E-state index contributed by atoms with van der Waals surface area (Å²) in [6.07, 6.45) is -1.34. The van der Waals surface area contributed by atoms with Gasteiger partial charge in [-0.3, -0.25) is 4.79 Å². The van der Waals surface area contributed by atoms with Gasteiger partial charge in [0.25, 0.3) is 5.91 Å². The first-order valence-electron chi connectivity index (χ1n) is 6.02. The second kappa shape index (κ2) is 6.25. The quantitative estimate of drug-likeness (QED) is 0.901. The van der Waals surface area contributed by atoms with E-state index in [9.17, 15) is 18.7 Å². The van der Waals surface area contributed by atoms with Gasteiger partial charge in [-0.15, -0.1) is 0 Å². The smallest absolute Gasteiger partial charge is 0.253 e. The molecule has 1 atom stereocenters. The summed E-state index contributed by atoms with van der Waals surface area (Å²) in [5, 5.41) is 12.2. The minimum atomic E-state index is -1.34. The van der Waals surface area contributed by atoms with Crippen LogP contribution in [0.1, 0.15) is 17.2 Å². The van der Waals surface area contributed by atoms with Crippen LogP contribution in [0.2, 0.25) is 0 Å². The highest BCUT2D eigenvalue weighted by molar-refractivity contribution is 5.81. The van der Waals surface area contributed by atoms with E-state index in [4.69, 9.17) is 0 Å². The standard InChI is InChI=1S/C15H13F2NO2/c16-12-6-7-13(17)11(8-12)9-18-15(20)14(19)10-4-2-1-3-5-10/h1-8,14,19H,9H2,(H,18,20). The Hall–Kier alpha value is -2.27. The Morgan fingerprint density at radius 2 is 1.85 bits per heavy atom. The third-order valence-electron chi connectivity index (χ3n) is 2.82. The summed E-state index contributed by atoms with van der Waals surface area (Å²) in [6, 6.07) is 11.3. The Kier molecular flexibility index (Phi) is 4.42. The molecule has 0 saturated carbocycles. The van der Waals surface area contributed by atoms with Crippen molar-refractivity contribution in [3.63, 3.8) is 0 Å². The number of aliphatic hydroxyl groups excluding tert-OH is 1. The molecule has 20 heavy (non-hydrogen) atoms. The molecule has 0 fully saturated rings. The van der Waals surface area contributed by atoms with Gasteiger partial charge in [0.1, 0.15) is 11.6 Å². The van der Waals surface area contributed by atoms with E-state index in [-0.39, 0.29) is 12.1 Å². The molecule has 1 amide bonds. The van der Waals surface area contributed by atoms with E-state index in [1.165, 1.54) is 0 Å². The number of carbonyl (C=O) groups is 1. The minimum absolute atomic E-state index is 0.0265. The fourth-order valence-electron chi connectivity index (χ4n) is 1.74. The SMILES string of the molecule is O=C(NCc1cc(F)ccc1F)C(O)c1ccccc1. The van der Waals surface area contributed by atoms with Crippen LogP contribution in [0.4, 0.5) is 8.78 Å². The molecule has 0 radical (unpaired) electrons. The maximum Gasteiger partial charge on any atom is 0.253 e. The topological polar surface area (TPSA) is 49.3 Å². The highest BCUT2D eigenvalue weighted by Gasteiger charge is 2.17. The van der Waals surface area contributed by atoms with Crippen molar-refractivity contribution in [3.05, 3.63) is 71.3 Å². The Morgan fingerprint density at radius 1 is 1.15 bits per heavy atom. The summed E-state index contributed by atoms with van der Waals surface area (Å²) in [6.45, 7) is -0.188. The van der Waals surface area contributed by atoms with Crippen LogP contribution >= 0.6 is 0 Å². The number of aliphatic hydroxyl groups is 1. The number of carbonyl (C=O) groups excluding carboxylic acids is 1. The summed E-state index contributed by atoms with van der Waals surface area (Å²) in [5.41, 5.74) is 0.461. The van der Waals surface area contributed by atoms with Crippen LogP contribution in [0.3, 0.4) is 0 Å². The first-order valence-corrected chi connectivity index (χ1v) is 6.02. The first kappa shape index (κ1) is 14.1. The maximum absolute atomic E-state index is 13.4. The molecule has 0 aliphatic rings. The second-order valence-electron chi connectivity index (χ2n) is 4.27. The van der Waals surface area contributed by atoms with Crippen LogP contribution in [-0.2, 0) is 11.3 Å². The zero-order valence-corrected chi connectivity index (χ0v) is 10.5. The van der Waals surface area contributed by atoms with E-state index in [2.05, 4.69) is 5.32 Å². The van der Waals surface area contributed by atoms with Gasteiger partial charge >= 0.3 is 0 Å². The first-order chi connectivity index (χ1) is 9.58. The van der Waals surface area contributed by atoms with Crippen molar-refractivity contribution in [3.8, 4) is 0 Å². The maximum atomic E-state index is 13.4. The zero-order valence-electron chi connectivity index (χ0n) is 10.5. The average Bonchev–Trinajstić information content (AvgIpc) is 2.48. The molecule has 5 heteroatoms. The van der Waals surface area contributed by atoms with Gasteiger partial charge in [-0.05, 0) is 23.8 Å². The van der Waals surface area contributed by atoms with Gasteiger partial charge in [0.15, 0.2) is 6.10 Å². The predicted molar refractivity (Wildman–Crippen MR) is 69.6 cm³/mol. The summed E-state index contributed by atoms with van der Waals surface area (Å²) < 4.78 is 26.3. The lowest BCUT2D eigenvalue weighted by atomic mass is 10.1. The number of benzene rings is 2. The van der Waals surface area contributed by atoms with Crippen molar-refractivity contribution in [1.29, 1.82) is 0 Å². The molecule has 2 N–H and O–H groups in total. The van der Waals surface area contributed by atoms with Gasteiger partial charge in [0.2, 0.25) is 0 Å². The molecule has 3 nitrogen and oxygen atoms in total. The second-order valence-corrected chi connectivity index (χ2v) is 4.27. The van der Waals surface area contributed by atoms with E-state index in [0.717, 1.165) is 18.2 Å². The molecule has 0 aromatic heterocycles. The molecule has 104 valence electrons. The van der Waals surface area contributed by atoms with E-state index >= 15 is 0 Å². The highest BCUT2D eigenvalue weighted by atomic mass is 19.1. The molecule has 2 rings (SSSR count). The monoisotopic (exact) mass is 277 g/mol. The molecule has 0 bridgehead atoms. The fraction of sp³-hybridized carbons (Fsp3) is 0.133. The van der Waals surface area contributed by atoms with Crippen LogP contribution in [-0.4, -0.2) is 11.0 Å². The highest BCUT2D eigenvalue weighted by Crippen LogP contribution is 2.13. The van der Waals surface area contributed by atoms with E-state index in [1.807, 2.05) is 0 Å². The Bertz CT molecular complexity index is 602. The van der Waals surface area contributed by atoms with Gasteiger partial charge in [0, 0.05) is 12.1 Å². The number of nitrogens with one attached hydrogen (secondary N) is 1. The van der Waals surface area contributed by atoms with Crippen molar-refractivity contribution in [2.24, 2.45) is 0 Å². The number of hydrogen-bond acceptors (Lipinski definition) is 2. The lowest BCUT2D eigenvalue weighted by Gasteiger charge is -2.12. The average molecular weight is 277 g/mol. The van der Waals surface area contributed by atoms with Crippen LogP contribution in [0.15, 0.2) is 48.5 Å². The van der Waals surface area contributed by atoms with Crippen LogP contribution < -0.4 is 5.32 Å². The van der Waals surface area contributed by atoms with E-state index < -0.39 is 23.6 Å². The van der Waals surface area contributed by atoms with Crippen molar-refractivity contribution >= 4 is 5.91 Å². The molecule has 0 aliphatic heterocycles. The summed E-state index contributed by atoms with van der Waals surface area (Å²) in [7, 11) is 0. The van der Waals surface area contributed by atoms with E-state index in [1.54, 1.807) is 30.3 Å². The van der Waals surface area contributed by atoms with Gasteiger partial charge in [-0.1, -0.05) is 30.3 Å². The summed E-state index contributed by atoms with van der Waals surface area (Å²) >= 11 is 0. The molecular weight excluding hydrogens is 264 g/mol. The number of halogens is 2. The molecule has 2 aromatic carbocycles. The van der Waals surface area contributed by atoms with E-state index in [0.29, 0.717) is 5.56 Å². The number of amides is 1. The van der Waals surface area contributed by atoms with Crippen LogP contribution in [0, 0.1) is 11.6 Å². The summed E-state index contributed by atoms with van der Waals surface area (Å²) in [5.74, 6) is -1.86. The lowest BCUT2D eigenvalue weighted by molar-refractivity contribution is -0.129. The molecular formula is C15H13F2NO2. The molecule has 0 aliphatic carbocycles. The fourth-order valence-corrected chi connectivity index (χ4v) is 1.74. The van der Waals surface area contributed by atoms with Crippen LogP contribution in [0.25, 0.3) is 0 Å². The molecule has 0 saturated heterocycles. The van der Waals surface area contributed by atoms with Crippen LogP contribution in [0.5, 0.6) is 0 Å². The normalized spacial score (nSPS) is 11.9. The summed E-state index contributed by atoms with van der Waals surface area (Å²) in [4.78, 5) is 11.7. The minimum Gasteiger partial charge on any atom is -0.378 e. The van der Waals surface area contributed by atoms with Crippen molar-refractivity contribution in [2.45, 2.75) is 12.6 Å². The zero-order chi connectivity index (χ0) is 14.5. The van der Waals surface area contributed by atoms with Crippen molar-refractivity contribution in [2.75, 3.05) is 0 Å². The lowest BCUT2D eigenvalue weighted by Crippen LogP contribution is -2.29. The Labute approximate surface area is 114 Å². The third kappa shape index (κ3) is 3.39. The van der Waals surface area contributed by atoms with Gasteiger partial charge in [0.05, 0.1) is 0 Å². The third-order valence-corrected chi connectivity index (χ3v) is 2.82. The molecule has 1 unspecified atom stereocenters.